The van der Waals surface area contributed by atoms with Gasteiger partial charge in [-0.15, -0.1) is 0 Å². The van der Waals surface area contributed by atoms with Gasteiger partial charge in [0, 0.05) is 0 Å². The van der Waals surface area contributed by atoms with Crippen LogP contribution in [0, 0.1) is 28.1 Å². The van der Waals surface area contributed by atoms with Crippen molar-refractivity contribution in [1.29, 1.82) is 0 Å². The van der Waals surface area contributed by atoms with Crippen LogP contribution < -0.4 is 0 Å². The summed E-state index contributed by atoms with van der Waals surface area (Å²) in [5.41, 5.74) is 1.77. The van der Waals surface area contributed by atoms with Gasteiger partial charge in [-0.1, -0.05) is 41.5 Å². The fraction of sp³-hybridized carbons (Fsp3) is 1.00. The van der Waals surface area contributed by atoms with Gasteiger partial charge in [0.1, 0.15) is 0 Å². The summed E-state index contributed by atoms with van der Waals surface area (Å²) in [6, 6.07) is 0. The van der Waals surface area contributed by atoms with Crippen LogP contribution in [-0.2, 0) is 0 Å². The van der Waals surface area contributed by atoms with Crippen LogP contribution in [0.2, 0.25) is 0 Å². The monoisotopic (exact) mass is 208 g/mol. The summed E-state index contributed by atoms with van der Waals surface area (Å²) in [7, 11) is 0. The molecule has 0 aromatic rings. The molecule has 0 radical (unpaired) electrons. The van der Waals surface area contributed by atoms with Crippen molar-refractivity contribution in [1.82, 2.24) is 0 Å². The minimum atomic E-state index is 0.558. The molecule has 2 saturated carbocycles. The van der Waals surface area contributed by atoms with Crippen molar-refractivity contribution in [3.8, 4) is 0 Å². The predicted octanol–water partition coefficient (Wildman–Crippen LogP) is 4.89. The molecule has 2 aliphatic carbocycles. The Kier molecular flexibility index (Phi) is 2.31. The number of fused-ring (bicyclic) bond motifs is 2. The highest BCUT2D eigenvalue weighted by Crippen LogP contribution is 2.75. The minimum Gasteiger partial charge on any atom is -0.0648 e. The average molecular weight is 208 g/mol. The molecule has 0 heteroatoms. The summed E-state index contributed by atoms with van der Waals surface area (Å²) in [5, 5.41) is 0. The third kappa shape index (κ3) is 1.04. The molecule has 0 aromatic heterocycles. The molecule has 2 aliphatic rings. The molecule has 2 rings (SSSR count). The van der Waals surface area contributed by atoms with Gasteiger partial charge < -0.3 is 0 Å². The van der Waals surface area contributed by atoms with Crippen LogP contribution in [0.4, 0.5) is 0 Å². The van der Waals surface area contributed by atoms with E-state index in [1.165, 1.54) is 25.7 Å². The SMILES string of the molecule is CCC1(C(C)C)C2(C)CCC(C2)C1(C)C. The fourth-order valence-electron chi connectivity index (χ4n) is 6.14. The van der Waals surface area contributed by atoms with Crippen molar-refractivity contribution < 1.29 is 0 Å². The Hall–Kier alpha value is 0. The van der Waals surface area contributed by atoms with E-state index in [0.29, 0.717) is 16.2 Å². The lowest BCUT2D eigenvalue weighted by atomic mass is 9.47. The first-order valence-corrected chi connectivity index (χ1v) is 6.82. The van der Waals surface area contributed by atoms with Gasteiger partial charge in [-0.05, 0) is 53.8 Å². The number of hydrogen-bond donors (Lipinski definition) is 0. The molecule has 0 aromatic carbocycles. The van der Waals surface area contributed by atoms with Crippen LogP contribution in [0.25, 0.3) is 0 Å². The van der Waals surface area contributed by atoms with Crippen molar-refractivity contribution in [3.63, 3.8) is 0 Å². The maximum absolute atomic E-state index is 2.57. The summed E-state index contributed by atoms with van der Waals surface area (Å²) in [6.45, 7) is 15.0. The molecule has 2 fully saturated rings. The number of hydrogen-bond acceptors (Lipinski definition) is 0. The lowest BCUT2D eigenvalue weighted by Crippen LogP contribution is -2.50. The molecule has 0 aliphatic heterocycles. The Bertz CT molecular complexity index is 256. The Labute approximate surface area is 95.8 Å². The van der Waals surface area contributed by atoms with Crippen LogP contribution in [0.15, 0.2) is 0 Å². The van der Waals surface area contributed by atoms with Gasteiger partial charge >= 0.3 is 0 Å². The van der Waals surface area contributed by atoms with Crippen molar-refractivity contribution in [3.05, 3.63) is 0 Å². The first-order valence-electron chi connectivity index (χ1n) is 6.82. The zero-order valence-corrected chi connectivity index (χ0v) is 11.5. The highest BCUT2D eigenvalue weighted by Gasteiger charge is 2.68. The van der Waals surface area contributed by atoms with E-state index in [2.05, 4.69) is 41.5 Å². The highest BCUT2D eigenvalue weighted by molar-refractivity contribution is 5.16. The van der Waals surface area contributed by atoms with Crippen LogP contribution in [-0.4, -0.2) is 0 Å². The maximum Gasteiger partial charge on any atom is -0.0169 e. The summed E-state index contributed by atoms with van der Waals surface area (Å²) in [6.07, 6.45) is 5.82. The molecule has 88 valence electrons. The molecule has 15 heavy (non-hydrogen) atoms. The van der Waals surface area contributed by atoms with E-state index in [-0.39, 0.29) is 0 Å². The average Bonchev–Trinajstić information content (AvgIpc) is 2.55. The molecular weight excluding hydrogens is 180 g/mol. The van der Waals surface area contributed by atoms with E-state index in [1.54, 1.807) is 0 Å². The van der Waals surface area contributed by atoms with Crippen molar-refractivity contribution >= 4 is 0 Å². The minimum absolute atomic E-state index is 0.558. The molecular formula is C15H28. The lowest BCUT2D eigenvalue weighted by molar-refractivity contribution is -0.0873. The Balaban J connectivity index is 2.52. The van der Waals surface area contributed by atoms with Gasteiger partial charge in [-0.25, -0.2) is 0 Å². The third-order valence-corrected chi connectivity index (χ3v) is 6.53. The zero-order valence-electron chi connectivity index (χ0n) is 11.5. The molecule has 3 unspecified atom stereocenters. The number of rotatable bonds is 2. The van der Waals surface area contributed by atoms with E-state index in [4.69, 9.17) is 0 Å². The van der Waals surface area contributed by atoms with Gasteiger partial charge in [0.15, 0.2) is 0 Å². The van der Waals surface area contributed by atoms with Gasteiger partial charge in [0.25, 0.3) is 0 Å². The van der Waals surface area contributed by atoms with Gasteiger partial charge in [-0.2, -0.15) is 0 Å². The second kappa shape index (κ2) is 3.02. The van der Waals surface area contributed by atoms with Gasteiger partial charge in [0.05, 0.1) is 0 Å². The fourth-order valence-corrected chi connectivity index (χ4v) is 6.14. The highest BCUT2D eigenvalue weighted by atomic mass is 14.7. The summed E-state index contributed by atoms with van der Waals surface area (Å²) >= 11 is 0. The smallest absolute Gasteiger partial charge is 0.0169 e. The maximum atomic E-state index is 2.57. The summed E-state index contributed by atoms with van der Waals surface area (Å²) < 4.78 is 0. The van der Waals surface area contributed by atoms with E-state index in [0.717, 1.165) is 11.8 Å². The molecule has 3 atom stereocenters. The first kappa shape index (κ1) is 11.5. The van der Waals surface area contributed by atoms with Crippen molar-refractivity contribution in [2.24, 2.45) is 28.1 Å². The summed E-state index contributed by atoms with van der Waals surface area (Å²) in [4.78, 5) is 0. The standard InChI is InChI=1S/C15H28/c1-7-15(11(2)3)13(4,5)12-8-9-14(15,6)10-12/h11-12H,7-10H2,1-6H3. The van der Waals surface area contributed by atoms with Crippen LogP contribution in [0.3, 0.4) is 0 Å². The molecule has 0 amide bonds. The van der Waals surface area contributed by atoms with Crippen molar-refractivity contribution in [2.45, 2.75) is 67.2 Å². The molecule has 0 heterocycles. The van der Waals surface area contributed by atoms with E-state index >= 15 is 0 Å². The van der Waals surface area contributed by atoms with Gasteiger partial charge in [0.2, 0.25) is 0 Å². The second-order valence-corrected chi connectivity index (χ2v) is 7.20. The first-order chi connectivity index (χ1) is 6.82. The predicted molar refractivity (Wildman–Crippen MR) is 66.8 cm³/mol. The van der Waals surface area contributed by atoms with E-state index in [9.17, 15) is 0 Å². The zero-order chi connectivity index (χ0) is 11.5. The van der Waals surface area contributed by atoms with E-state index < -0.39 is 0 Å². The third-order valence-electron chi connectivity index (χ3n) is 6.53. The lowest BCUT2D eigenvalue weighted by Gasteiger charge is -2.57. The molecule has 0 saturated heterocycles. The molecule has 0 N–H and O–H groups in total. The van der Waals surface area contributed by atoms with Crippen LogP contribution >= 0.6 is 0 Å². The second-order valence-electron chi connectivity index (χ2n) is 7.20. The van der Waals surface area contributed by atoms with Gasteiger partial charge in [-0.3, -0.25) is 0 Å². The quantitative estimate of drug-likeness (QED) is 0.606. The van der Waals surface area contributed by atoms with E-state index in [1.807, 2.05) is 0 Å². The summed E-state index contributed by atoms with van der Waals surface area (Å²) in [5.74, 6) is 1.82. The van der Waals surface area contributed by atoms with Crippen LogP contribution in [0.5, 0.6) is 0 Å². The van der Waals surface area contributed by atoms with Crippen molar-refractivity contribution in [2.75, 3.05) is 0 Å². The molecule has 2 bridgehead atoms. The molecule has 0 spiro atoms. The topological polar surface area (TPSA) is 0 Å². The normalized spacial score (nSPS) is 47.8. The van der Waals surface area contributed by atoms with Crippen LogP contribution in [0.1, 0.15) is 67.2 Å². The largest absolute Gasteiger partial charge is 0.0648 e. The Morgan fingerprint density at radius 1 is 1.20 bits per heavy atom. The Morgan fingerprint density at radius 2 is 1.80 bits per heavy atom. The Morgan fingerprint density at radius 3 is 2.07 bits per heavy atom. The molecule has 0 nitrogen and oxygen atoms in total.